The van der Waals surface area contributed by atoms with Crippen molar-refractivity contribution in [1.29, 1.82) is 0 Å². The summed E-state index contributed by atoms with van der Waals surface area (Å²) in [5.41, 5.74) is 8.99. The zero-order chi connectivity index (χ0) is 9.68. The average Bonchev–Trinajstić information content (AvgIpc) is 2.08. The van der Waals surface area contributed by atoms with Gasteiger partial charge in [-0.25, -0.2) is 0 Å². The maximum Gasteiger partial charge on any atom is 0.0377 e. The van der Waals surface area contributed by atoms with E-state index in [1.54, 1.807) is 6.20 Å². The number of aryl methyl sites for hydroxylation is 1. The van der Waals surface area contributed by atoms with E-state index in [-0.39, 0.29) is 0 Å². The number of pyridine rings is 1. The topological polar surface area (TPSA) is 38.9 Å². The summed E-state index contributed by atoms with van der Waals surface area (Å²) in [7, 11) is 0. The molecule has 0 spiro atoms. The van der Waals surface area contributed by atoms with Crippen LogP contribution in [-0.4, -0.2) is 4.98 Å². The van der Waals surface area contributed by atoms with Crippen molar-refractivity contribution in [3.8, 4) is 0 Å². The summed E-state index contributed by atoms with van der Waals surface area (Å²) in [5, 5.41) is 0. The summed E-state index contributed by atoms with van der Waals surface area (Å²) in [6, 6.07) is 1.84. The van der Waals surface area contributed by atoms with Crippen molar-refractivity contribution < 1.29 is 0 Å². The third-order valence-electron chi connectivity index (χ3n) is 1.99. The molecular weight excluding hydrogens is 160 g/mol. The maximum atomic E-state index is 5.78. The third-order valence-corrected chi connectivity index (χ3v) is 1.99. The van der Waals surface area contributed by atoms with Crippen LogP contribution < -0.4 is 5.73 Å². The van der Waals surface area contributed by atoms with Gasteiger partial charge in [0.05, 0.1) is 0 Å². The van der Waals surface area contributed by atoms with E-state index < -0.39 is 0 Å². The van der Waals surface area contributed by atoms with Crippen LogP contribution in [0.2, 0.25) is 0 Å². The predicted octanol–water partition coefficient (Wildman–Crippen LogP) is 2.56. The molecule has 0 amide bonds. The Hall–Kier alpha value is -1.31. The van der Waals surface area contributed by atoms with Gasteiger partial charge in [-0.05, 0) is 37.8 Å². The van der Waals surface area contributed by atoms with Crippen molar-refractivity contribution in [2.75, 3.05) is 5.73 Å². The van der Waals surface area contributed by atoms with Gasteiger partial charge in [0.25, 0.3) is 0 Å². The molecule has 0 aliphatic carbocycles. The number of anilines is 1. The summed E-state index contributed by atoms with van der Waals surface area (Å²) < 4.78 is 0. The Balaban J connectivity index is 2.45. The van der Waals surface area contributed by atoms with Crippen molar-refractivity contribution in [1.82, 2.24) is 4.98 Å². The molecular formula is C11H16N2. The highest BCUT2D eigenvalue weighted by Gasteiger charge is 1.97. The molecule has 0 fully saturated rings. The number of nitrogen functional groups attached to an aromatic ring is 1. The SMILES string of the molecule is C=C(C)CCCc1cnccc1N. The number of hydrogen-bond donors (Lipinski definition) is 1. The molecule has 13 heavy (non-hydrogen) atoms. The summed E-state index contributed by atoms with van der Waals surface area (Å²) in [4.78, 5) is 4.04. The molecule has 0 aromatic carbocycles. The van der Waals surface area contributed by atoms with Crippen molar-refractivity contribution >= 4 is 5.69 Å². The minimum absolute atomic E-state index is 0.844. The molecule has 70 valence electrons. The highest BCUT2D eigenvalue weighted by Crippen LogP contribution is 2.13. The van der Waals surface area contributed by atoms with Crippen LogP contribution in [0.5, 0.6) is 0 Å². The van der Waals surface area contributed by atoms with Gasteiger partial charge in [-0.15, -0.1) is 6.58 Å². The van der Waals surface area contributed by atoms with Crippen LogP contribution in [0.4, 0.5) is 5.69 Å². The minimum Gasteiger partial charge on any atom is -0.398 e. The van der Waals surface area contributed by atoms with E-state index in [0.717, 1.165) is 30.5 Å². The van der Waals surface area contributed by atoms with Gasteiger partial charge >= 0.3 is 0 Å². The van der Waals surface area contributed by atoms with Crippen LogP contribution in [0.25, 0.3) is 0 Å². The lowest BCUT2D eigenvalue weighted by Gasteiger charge is -2.03. The number of rotatable bonds is 4. The van der Waals surface area contributed by atoms with E-state index in [2.05, 4.69) is 11.6 Å². The van der Waals surface area contributed by atoms with Crippen molar-refractivity contribution in [2.45, 2.75) is 26.2 Å². The Morgan fingerprint density at radius 2 is 2.38 bits per heavy atom. The minimum atomic E-state index is 0.844. The predicted molar refractivity (Wildman–Crippen MR) is 56.4 cm³/mol. The van der Waals surface area contributed by atoms with E-state index in [9.17, 15) is 0 Å². The first-order valence-electron chi connectivity index (χ1n) is 4.53. The monoisotopic (exact) mass is 176 g/mol. The van der Waals surface area contributed by atoms with Gasteiger partial charge in [-0.1, -0.05) is 5.57 Å². The fraction of sp³-hybridized carbons (Fsp3) is 0.364. The Labute approximate surface area is 79.5 Å². The molecule has 0 unspecified atom stereocenters. The molecule has 2 heteroatoms. The third kappa shape index (κ3) is 3.28. The van der Waals surface area contributed by atoms with Gasteiger partial charge in [-0.2, -0.15) is 0 Å². The number of nitrogens with two attached hydrogens (primary N) is 1. The van der Waals surface area contributed by atoms with Gasteiger partial charge in [0.1, 0.15) is 0 Å². The standard InChI is InChI=1S/C11H16N2/c1-9(2)4-3-5-10-8-13-7-6-11(10)12/h6-8H,1,3-5H2,2H3,(H2,12,13). The molecule has 0 radical (unpaired) electrons. The number of nitrogens with zero attached hydrogens (tertiary/aromatic N) is 1. The Morgan fingerprint density at radius 1 is 1.62 bits per heavy atom. The molecule has 0 atom stereocenters. The lowest BCUT2D eigenvalue weighted by Crippen LogP contribution is -1.95. The molecule has 0 bridgehead atoms. The van der Waals surface area contributed by atoms with Crippen LogP contribution in [-0.2, 0) is 6.42 Å². The van der Waals surface area contributed by atoms with E-state index in [1.165, 1.54) is 5.57 Å². The second-order valence-electron chi connectivity index (χ2n) is 3.39. The van der Waals surface area contributed by atoms with E-state index in [0.29, 0.717) is 0 Å². The van der Waals surface area contributed by atoms with Gasteiger partial charge in [0.2, 0.25) is 0 Å². The smallest absolute Gasteiger partial charge is 0.0377 e. The molecule has 1 aromatic heterocycles. The van der Waals surface area contributed by atoms with Crippen molar-refractivity contribution in [2.24, 2.45) is 0 Å². The zero-order valence-electron chi connectivity index (χ0n) is 8.09. The quantitative estimate of drug-likeness (QED) is 0.716. The van der Waals surface area contributed by atoms with Crippen molar-refractivity contribution in [3.05, 3.63) is 36.2 Å². The fourth-order valence-corrected chi connectivity index (χ4v) is 1.23. The van der Waals surface area contributed by atoms with Crippen LogP contribution in [0.1, 0.15) is 25.3 Å². The zero-order valence-corrected chi connectivity index (χ0v) is 8.09. The summed E-state index contributed by atoms with van der Waals surface area (Å²) in [6.07, 6.45) is 6.72. The first kappa shape index (κ1) is 9.78. The molecule has 2 N–H and O–H groups in total. The Kier molecular flexibility index (Phi) is 3.50. The van der Waals surface area contributed by atoms with E-state index >= 15 is 0 Å². The molecule has 0 aliphatic heterocycles. The van der Waals surface area contributed by atoms with Crippen molar-refractivity contribution in [3.63, 3.8) is 0 Å². The molecule has 2 nitrogen and oxygen atoms in total. The first-order chi connectivity index (χ1) is 6.20. The Morgan fingerprint density at radius 3 is 3.00 bits per heavy atom. The Bertz CT molecular complexity index is 292. The molecule has 0 saturated heterocycles. The highest BCUT2D eigenvalue weighted by molar-refractivity contribution is 5.44. The summed E-state index contributed by atoms with van der Waals surface area (Å²) >= 11 is 0. The van der Waals surface area contributed by atoms with Crippen LogP contribution in [0, 0.1) is 0 Å². The fourth-order valence-electron chi connectivity index (χ4n) is 1.23. The number of aromatic nitrogens is 1. The molecule has 1 heterocycles. The lowest BCUT2D eigenvalue weighted by molar-refractivity contribution is 0.812. The largest absolute Gasteiger partial charge is 0.398 e. The van der Waals surface area contributed by atoms with E-state index in [1.807, 2.05) is 19.2 Å². The van der Waals surface area contributed by atoms with Gasteiger partial charge in [0.15, 0.2) is 0 Å². The van der Waals surface area contributed by atoms with Gasteiger partial charge in [0, 0.05) is 18.1 Å². The van der Waals surface area contributed by atoms with E-state index in [4.69, 9.17) is 5.73 Å². The maximum absolute atomic E-state index is 5.78. The van der Waals surface area contributed by atoms with Crippen LogP contribution in [0.15, 0.2) is 30.6 Å². The van der Waals surface area contributed by atoms with Crippen LogP contribution in [0.3, 0.4) is 0 Å². The van der Waals surface area contributed by atoms with Crippen LogP contribution >= 0.6 is 0 Å². The summed E-state index contributed by atoms with van der Waals surface area (Å²) in [6.45, 7) is 5.91. The molecule has 0 saturated carbocycles. The summed E-state index contributed by atoms with van der Waals surface area (Å²) in [5.74, 6) is 0. The molecule has 1 rings (SSSR count). The average molecular weight is 176 g/mol. The first-order valence-corrected chi connectivity index (χ1v) is 4.53. The lowest BCUT2D eigenvalue weighted by atomic mass is 10.1. The number of hydrogen-bond acceptors (Lipinski definition) is 2. The number of allylic oxidation sites excluding steroid dienone is 1. The second-order valence-corrected chi connectivity index (χ2v) is 3.39. The highest BCUT2D eigenvalue weighted by atomic mass is 14.7. The molecule has 1 aromatic rings. The normalized spacial score (nSPS) is 9.92. The van der Waals surface area contributed by atoms with Gasteiger partial charge in [-0.3, -0.25) is 4.98 Å². The second kappa shape index (κ2) is 4.65. The van der Waals surface area contributed by atoms with Gasteiger partial charge < -0.3 is 5.73 Å². The molecule has 0 aliphatic rings.